The number of rotatable bonds is 7. The SMILES string of the molecule is CCOPN(Sc1cc(Cl)cc(Cl)c1)c1ccc2c(C(=O)N3CCCC3)nn(C)c2c1. The van der Waals surface area contributed by atoms with Crippen molar-refractivity contribution in [3.8, 4) is 0 Å². The van der Waals surface area contributed by atoms with Crippen molar-refractivity contribution in [2.75, 3.05) is 23.8 Å². The summed E-state index contributed by atoms with van der Waals surface area (Å²) in [7, 11) is 1.97. The van der Waals surface area contributed by atoms with Crippen LogP contribution in [0, 0.1) is 0 Å². The van der Waals surface area contributed by atoms with Crippen molar-refractivity contribution in [2.45, 2.75) is 24.7 Å². The first-order valence-corrected chi connectivity index (χ1v) is 12.4. The number of halogens is 2. The minimum Gasteiger partial charge on any atom is -0.341 e. The Balaban J connectivity index is 1.66. The second kappa shape index (κ2) is 9.97. The van der Waals surface area contributed by atoms with E-state index in [9.17, 15) is 4.79 Å². The van der Waals surface area contributed by atoms with Gasteiger partial charge in [-0.05, 0) is 68.1 Å². The number of likely N-dealkylation sites (tertiary alicyclic amines) is 1. The average molecular weight is 497 g/mol. The monoisotopic (exact) mass is 496 g/mol. The Morgan fingerprint density at radius 3 is 2.58 bits per heavy atom. The molecule has 1 unspecified atom stereocenters. The molecule has 4 rings (SSSR count). The zero-order chi connectivity index (χ0) is 22.0. The molecule has 1 atom stereocenters. The number of aryl methyl sites for hydroxylation is 1. The molecule has 1 aliphatic rings. The van der Waals surface area contributed by atoms with Crippen LogP contribution in [0.3, 0.4) is 0 Å². The van der Waals surface area contributed by atoms with Gasteiger partial charge < -0.3 is 9.42 Å². The molecule has 3 aromatic rings. The highest BCUT2D eigenvalue weighted by Crippen LogP contribution is 2.41. The average Bonchev–Trinajstić information content (AvgIpc) is 3.38. The Bertz CT molecular complexity index is 1080. The molecule has 2 heterocycles. The summed E-state index contributed by atoms with van der Waals surface area (Å²) in [5.41, 5.74) is 2.36. The number of carbonyl (C=O) groups is 1. The molecule has 2 aromatic carbocycles. The number of benzene rings is 2. The largest absolute Gasteiger partial charge is 0.341 e. The molecule has 10 heteroatoms. The number of fused-ring (bicyclic) bond motifs is 1. The highest BCUT2D eigenvalue weighted by atomic mass is 35.5. The molecule has 1 aromatic heterocycles. The Labute approximate surface area is 197 Å². The molecule has 1 amide bonds. The molecule has 1 fully saturated rings. The number of aromatic nitrogens is 2. The van der Waals surface area contributed by atoms with Crippen LogP contribution >= 0.6 is 44.1 Å². The van der Waals surface area contributed by atoms with Gasteiger partial charge >= 0.3 is 0 Å². The lowest BCUT2D eigenvalue weighted by atomic mass is 10.2. The number of carbonyl (C=O) groups excluding carboxylic acids is 1. The first-order chi connectivity index (χ1) is 15.0. The predicted octanol–water partition coefficient (Wildman–Crippen LogP) is 6.17. The minimum absolute atomic E-state index is 0.00633. The summed E-state index contributed by atoms with van der Waals surface area (Å²) in [6.45, 7) is 4.18. The van der Waals surface area contributed by atoms with Crippen LogP contribution in [0.1, 0.15) is 30.3 Å². The summed E-state index contributed by atoms with van der Waals surface area (Å²) < 4.78 is 9.54. The van der Waals surface area contributed by atoms with E-state index in [2.05, 4.69) is 9.17 Å². The van der Waals surface area contributed by atoms with Gasteiger partial charge in [-0.3, -0.25) is 13.6 Å². The summed E-state index contributed by atoms with van der Waals surface area (Å²) in [6.07, 6.45) is 2.11. The minimum atomic E-state index is 0.00633. The van der Waals surface area contributed by atoms with Crippen molar-refractivity contribution in [3.63, 3.8) is 0 Å². The molecular weight excluding hydrogens is 474 g/mol. The van der Waals surface area contributed by atoms with Gasteiger partial charge in [0, 0.05) is 47.1 Å². The Kier molecular flexibility index (Phi) is 7.29. The fourth-order valence-electron chi connectivity index (χ4n) is 3.53. The van der Waals surface area contributed by atoms with E-state index in [0.29, 0.717) is 22.3 Å². The topological polar surface area (TPSA) is 50.6 Å². The zero-order valence-electron chi connectivity index (χ0n) is 17.3. The number of hydrogen-bond donors (Lipinski definition) is 0. The van der Waals surface area contributed by atoms with Gasteiger partial charge in [0.05, 0.1) is 11.2 Å². The standard InChI is InChI=1S/C21H23Cl2N4O2PS/c1-3-29-30-27(31-17-11-14(22)10-15(23)12-17)16-6-7-18-19(13-16)25(2)24-20(18)21(28)26-8-4-5-9-26/h6-7,10-13,30H,3-5,8-9H2,1-2H3. The van der Waals surface area contributed by atoms with Crippen molar-refractivity contribution in [2.24, 2.45) is 7.05 Å². The molecule has 164 valence electrons. The quantitative estimate of drug-likeness (QED) is 0.289. The number of amides is 1. The third-order valence-corrected chi connectivity index (χ3v) is 7.61. The summed E-state index contributed by atoms with van der Waals surface area (Å²) in [5, 5.41) is 6.57. The third-order valence-electron chi connectivity index (χ3n) is 4.99. The molecule has 0 spiro atoms. The van der Waals surface area contributed by atoms with Gasteiger partial charge in [0.1, 0.15) is 8.96 Å². The molecule has 0 saturated carbocycles. The highest BCUT2D eigenvalue weighted by molar-refractivity contribution is 8.04. The van der Waals surface area contributed by atoms with Crippen LogP contribution in [-0.2, 0) is 11.6 Å². The molecule has 0 radical (unpaired) electrons. The maximum absolute atomic E-state index is 12.9. The predicted molar refractivity (Wildman–Crippen MR) is 131 cm³/mol. The van der Waals surface area contributed by atoms with Gasteiger partial charge in [0.25, 0.3) is 5.91 Å². The van der Waals surface area contributed by atoms with Crippen LogP contribution in [0.5, 0.6) is 0 Å². The second-order valence-corrected chi connectivity index (χ2v) is 10.3. The van der Waals surface area contributed by atoms with E-state index in [0.717, 1.165) is 47.4 Å². The van der Waals surface area contributed by atoms with Gasteiger partial charge in [0.15, 0.2) is 5.69 Å². The first-order valence-electron chi connectivity index (χ1n) is 10.0. The van der Waals surface area contributed by atoms with Gasteiger partial charge in [-0.25, -0.2) is 0 Å². The van der Waals surface area contributed by atoms with Crippen LogP contribution in [-0.4, -0.2) is 40.3 Å². The van der Waals surface area contributed by atoms with Crippen LogP contribution in [0.25, 0.3) is 10.9 Å². The van der Waals surface area contributed by atoms with Crippen molar-refractivity contribution in [1.29, 1.82) is 0 Å². The number of hydrogen-bond acceptors (Lipinski definition) is 5. The van der Waals surface area contributed by atoms with Gasteiger partial charge in [-0.2, -0.15) is 5.10 Å². The Morgan fingerprint density at radius 2 is 1.90 bits per heavy atom. The van der Waals surface area contributed by atoms with Gasteiger partial charge in [0.2, 0.25) is 0 Å². The van der Waals surface area contributed by atoms with E-state index in [1.54, 1.807) is 10.7 Å². The summed E-state index contributed by atoms with van der Waals surface area (Å²) in [5.74, 6) is 0.00633. The summed E-state index contributed by atoms with van der Waals surface area (Å²) in [4.78, 5) is 15.7. The Morgan fingerprint density at radius 1 is 1.19 bits per heavy atom. The molecule has 1 aliphatic heterocycles. The highest BCUT2D eigenvalue weighted by Gasteiger charge is 2.25. The Hall–Kier alpha value is -1.50. The zero-order valence-corrected chi connectivity index (χ0v) is 20.6. The van der Waals surface area contributed by atoms with Gasteiger partial charge in [-0.15, -0.1) is 0 Å². The molecule has 0 bridgehead atoms. The molecule has 31 heavy (non-hydrogen) atoms. The van der Waals surface area contributed by atoms with E-state index in [1.165, 1.54) is 11.9 Å². The van der Waals surface area contributed by atoms with Crippen molar-refractivity contribution in [3.05, 3.63) is 52.1 Å². The van der Waals surface area contributed by atoms with Crippen molar-refractivity contribution < 1.29 is 9.32 Å². The maximum Gasteiger partial charge on any atom is 0.274 e. The smallest absolute Gasteiger partial charge is 0.274 e. The van der Waals surface area contributed by atoms with Crippen LogP contribution in [0.4, 0.5) is 5.69 Å². The van der Waals surface area contributed by atoms with E-state index >= 15 is 0 Å². The van der Waals surface area contributed by atoms with Crippen molar-refractivity contribution >= 4 is 66.6 Å². The lowest BCUT2D eigenvalue weighted by Gasteiger charge is -2.22. The summed E-state index contributed by atoms with van der Waals surface area (Å²) in [6, 6.07) is 11.5. The lowest BCUT2D eigenvalue weighted by molar-refractivity contribution is 0.0788. The number of nitrogens with zero attached hydrogens (tertiary/aromatic N) is 4. The first kappa shape index (κ1) is 22.7. The molecule has 0 N–H and O–H groups in total. The third kappa shape index (κ3) is 5.12. The van der Waals surface area contributed by atoms with E-state index < -0.39 is 0 Å². The summed E-state index contributed by atoms with van der Waals surface area (Å²) >= 11 is 13.9. The van der Waals surface area contributed by atoms with E-state index in [-0.39, 0.29) is 14.9 Å². The van der Waals surface area contributed by atoms with Crippen LogP contribution in [0.15, 0.2) is 41.3 Å². The fraction of sp³-hybridized carbons (Fsp3) is 0.333. The number of anilines is 1. The molecular formula is C21H23Cl2N4O2PS. The molecule has 1 saturated heterocycles. The van der Waals surface area contributed by atoms with Crippen molar-refractivity contribution in [1.82, 2.24) is 14.7 Å². The second-order valence-electron chi connectivity index (χ2n) is 7.19. The van der Waals surface area contributed by atoms with E-state index in [1.807, 2.05) is 49.2 Å². The molecule has 6 nitrogen and oxygen atoms in total. The van der Waals surface area contributed by atoms with Gasteiger partial charge in [-0.1, -0.05) is 23.2 Å². The maximum atomic E-state index is 12.9. The fourth-order valence-corrected chi connectivity index (χ4v) is 6.09. The van der Waals surface area contributed by atoms with Crippen LogP contribution in [0.2, 0.25) is 10.0 Å². The normalized spacial score (nSPS) is 14.3. The lowest BCUT2D eigenvalue weighted by Crippen LogP contribution is -2.28. The van der Waals surface area contributed by atoms with Crippen LogP contribution < -0.4 is 4.08 Å². The van der Waals surface area contributed by atoms with E-state index in [4.69, 9.17) is 27.7 Å². The molecule has 0 aliphatic carbocycles.